The van der Waals surface area contributed by atoms with Crippen LogP contribution in [0, 0.1) is 0 Å². The number of para-hydroxylation sites is 4. The molecule has 0 aliphatic carbocycles. The van der Waals surface area contributed by atoms with E-state index in [0.29, 0.717) is 0 Å². The monoisotopic (exact) mass is 891 g/mol. The molecule has 4 heteroatoms. The Bertz CT molecular complexity index is 4510. The molecule has 4 nitrogen and oxygen atoms in total. The number of benzene rings is 11. The number of hydrogen-bond acceptors (Lipinski definition) is 1. The Kier molecular flexibility index (Phi) is 8.33. The molecule has 0 radical (unpaired) electrons. The van der Waals surface area contributed by atoms with E-state index < -0.39 is 0 Å². The van der Waals surface area contributed by atoms with E-state index in [-0.39, 0.29) is 0 Å². The molecule has 15 rings (SSSR count). The summed E-state index contributed by atoms with van der Waals surface area (Å²) >= 11 is 0. The van der Waals surface area contributed by atoms with Crippen LogP contribution in [0.25, 0.3) is 138 Å². The Morgan fingerprint density at radius 3 is 1.36 bits per heavy atom. The van der Waals surface area contributed by atoms with Crippen LogP contribution in [0.5, 0.6) is 0 Å². The lowest BCUT2D eigenvalue weighted by Crippen LogP contribution is -1.97. The average Bonchev–Trinajstić information content (AvgIpc) is 4.16. The predicted octanol–water partition coefficient (Wildman–Crippen LogP) is 17.9. The van der Waals surface area contributed by atoms with Crippen LogP contribution in [0.4, 0.5) is 0 Å². The van der Waals surface area contributed by atoms with Gasteiger partial charge in [-0.15, -0.1) is 0 Å². The summed E-state index contributed by atoms with van der Waals surface area (Å²) in [6.45, 7) is 0. The van der Waals surface area contributed by atoms with Gasteiger partial charge in [-0.2, -0.15) is 0 Å². The van der Waals surface area contributed by atoms with Crippen LogP contribution in [0.15, 0.2) is 253 Å². The van der Waals surface area contributed by atoms with Crippen LogP contribution >= 0.6 is 0 Å². The second-order valence-corrected chi connectivity index (χ2v) is 18.5. The van der Waals surface area contributed by atoms with Gasteiger partial charge in [-0.05, 0) is 130 Å². The molecule has 70 heavy (non-hydrogen) atoms. The molecule has 15 aromatic rings. The third-order valence-corrected chi connectivity index (χ3v) is 14.6. The van der Waals surface area contributed by atoms with Gasteiger partial charge in [0.05, 0.1) is 33.1 Å². The second kappa shape index (κ2) is 15.1. The van der Waals surface area contributed by atoms with Gasteiger partial charge < -0.3 is 18.1 Å². The minimum Gasteiger partial charge on any atom is -0.456 e. The molecule has 4 heterocycles. The molecule has 326 valence electrons. The van der Waals surface area contributed by atoms with Crippen molar-refractivity contribution < 1.29 is 4.42 Å². The van der Waals surface area contributed by atoms with Crippen molar-refractivity contribution in [3.8, 4) is 50.4 Å². The largest absolute Gasteiger partial charge is 0.456 e. The number of nitrogens with zero attached hydrogens (tertiary/aromatic N) is 3. The Labute approximate surface area is 402 Å². The Morgan fingerprint density at radius 2 is 0.743 bits per heavy atom. The van der Waals surface area contributed by atoms with Crippen molar-refractivity contribution >= 4 is 87.4 Å². The zero-order chi connectivity index (χ0) is 45.9. The zero-order valence-corrected chi connectivity index (χ0v) is 37.9. The maximum Gasteiger partial charge on any atom is 0.136 e. The first-order valence-corrected chi connectivity index (χ1v) is 24.0. The van der Waals surface area contributed by atoms with E-state index in [1.165, 1.54) is 71.1 Å². The fourth-order valence-corrected chi connectivity index (χ4v) is 11.5. The van der Waals surface area contributed by atoms with Crippen molar-refractivity contribution in [1.82, 2.24) is 13.7 Å². The van der Waals surface area contributed by atoms with Gasteiger partial charge in [-0.3, -0.25) is 0 Å². The van der Waals surface area contributed by atoms with Crippen molar-refractivity contribution in [2.75, 3.05) is 0 Å². The first kappa shape index (κ1) is 38.7. The lowest BCUT2D eigenvalue weighted by Gasteiger charge is -2.14. The van der Waals surface area contributed by atoms with E-state index in [2.05, 4.69) is 262 Å². The lowest BCUT2D eigenvalue weighted by atomic mass is 9.97. The zero-order valence-electron chi connectivity index (χ0n) is 37.9. The summed E-state index contributed by atoms with van der Waals surface area (Å²) in [4.78, 5) is 0. The topological polar surface area (TPSA) is 27.9 Å². The van der Waals surface area contributed by atoms with Gasteiger partial charge in [0.15, 0.2) is 0 Å². The molecule has 0 amide bonds. The number of hydrogen-bond donors (Lipinski definition) is 0. The predicted molar refractivity (Wildman–Crippen MR) is 293 cm³/mol. The van der Waals surface area contributed by atoms with Crippen LogP contribution < -0.4 is 0 Å². The van der Waals surface area contributed by atoms with E-state index in [4.69, 9.17) is 4.42 Å². The molecular weight excluding hydrogens is 851 g/mol. The minimum atomic E-state index is 0.865. The molecule has 0 fully saturated rings. The molecule has 11 aromatic carbocycles. The van der Waals surface area contributed by atoms with Crippen molar-refractivity contribution in [2.24, 2.45) is 0 Å². The van der Waals surface area contributed by atoms with Gasteiger partial charge in [0.25, 0.3) is 0 Å². The molecular formula is C66H41N3O. The summed E-state index contributed by atoms with van der Waals surface area (Å²) in [5.41, 5.74) is 19.1. The fraction of sp³-hybridized carbons (Fsp3) is 0. The number of furan rings is 1. The first-order valence-electron chi connectivity index (χ1n) is 24.0. The Hall–Kier alpha value is -9.38. The van der Waals surface area contributed by atoms with E-state index in [1.54, 1.807) is 0 Å². The molecule has 0 atom stereocenters. The van der Waals surface area contributed by atoms with Gasteiger partial charge in [-0.1, -0.05) is 152 Å². The third kappa shape index (κ3) is 5.77. The maximum atomic E-state index is 6.70. The minimum absolute atomic E-state index is 0.865. The van der Waals surface area contributed by atoms with Crippen LogP contribution in [0.1, 0.15) is 0 Å². The quantitative estimate of drug-likeness (QED) is 0.163. The third-order valence-electron chi connectivity index (χ3n) is 14.6. The fourth-order valence-electron chi connectivity index (χ4n) is 11.5. The maximum absolute atomic E-state index is 6.70. The lowest BCUT2D eigenvalue weighted by molar-refractivity contribution is 0.669. The Morgan fingerprint density at radius 1 is 0.229 bits per heavy atom. The highest BCUT2D eigenvalue weighted by Crippen LogP contribution is 2.44. The van der Waals surface area contributed by atoms with Crippen LogP contribution in [-0.4, -0.2) is 13.7 Å². The number of rotatable bonds is 6. The van der Waals surface area contributed by atoms with Gasteiger partial charge in [0, 0.05) is 60.2 Å². The van der Waals surface area contributed by atoms with Crippen molar-refractivity contribution in [1.29, 1.82) is 0 Å². The van der Waals surface area contributed by atoms with Gasteiger partial charge in [0.1, 0.15) is 11.2 Å². The SMILES string of the molecule is c1ccc(-c2cc(-c3ccccc3)cc(-n3c4ccccc4c4cc5c6ccccc6n(-c6ccc7oc8cccc(-c9ccc%10c(c9)c9ccccc9n%10-c9ccccc9)c8c7c6)c5cc43)c2)cc1. The first-order chi connectivity index (χ1) is 34.7. The molecule has 0 N–H and O–H groups in total. The second-order valence-electron chi connectivity index (χ2n) is 18.5. The molecule has 0 unspecified atom stereocenters. The van der Waals surface area contributed by atoms with Crippen molar-refractivity contribution in [3.63, 3.8) is 0 Å². The highest BCUT2D eigenvalue weighted by molar-refractivity contribution is 6.20. The normalized spacial score (nSPS) is 12.0. The molecule has 4 aromatic heterocycles. The van der Waals surface area contributed by atoms with Gasteiger partial charge in [-0.25, -0.2) is 0 Å². The van der Waals surface area contributed by atoms with E-state index in [9.17, 15) is 0 Å². The van der Waals surface area contributed by atoms with E-state index in [1.807, 2.05) is 0 Å². The highest BCUT2D eigenvalue weighted by atomic mass is 16.3. The van der Waals surface area contributed by atoms with Crippen LogP contribution in [-0.2, 0) is 0 Å². The van der Waals surface area contributed by atoms with Crippen molar-refractivity contribution in [3.05, 3.63) is 249 Å². The summed E-state index contributed by atoms with van der Waals surface area (Å²) in [6.07, 6.45) is 0. The van der Waals surface area contributed by atoms with Crippen LogP contribution in [0.3, 0.4) is 0 Å². The standard InChI is InChI=1S/C66H41N3O/c1-4-17-42(18-5-1)45-35-46(43-19-6-2-7-20-43)37-49(36-45)69-60-29-15-12-25-53(60)56-40-55-52-24-11-14-28-59(52)68(62(55)41-63(56)69)48-32-34-64-57(39-48)66-50(26-16-30-65(66)70-64)44-31-33-61-54(38-44)51-23-10-13-27-58(51)67(61)47-21-8-3-9-22-47/h1-41H. The summed E-state index contributed by atoms with van der Waals surface area (Å²) in [5.74, 6) is 0. The summed E-state index contributed by atoms with van der Waals surface area (Å²) in [6, 6.07) is 90.5. The Balaban J connectivity index is 0.958. The smallest absolute Gasteiger partial charge is 0.136 e. The summed E-state index contributed by atoms with van der Waals surface area (Å²) < 4.78 is 14.0. The summed E-state index contributed by atoms with van der Waals surface area (Å²) in [7, 11) is 0. The number of fused-ring (bicyclic) bond motifs is 12. The molecule has 0 spiro atoms. The average molecular weight is 892 g/mol. The molecule has 0 saturated carbocycles. The molecule has 0 aliphatic rings. The van der Waals surface area contributed by atoms with Crippen molar-refractivity contribution in [2.45, 2.75) is 0 Å². The molecule has 0 bridgehead atoms. The highest BCUT2D eigenvalue weighted by Gasteiger charge is 2.22. The summed E-state index contributed by atoms with van der Waals surface area (Å²) in [5, 5.41) is 9.54. The van der Waals surface area contributed by atoms with Gasteiger partial charge in [0.2, 0.25) is 0 Å². The van der Waals surface area contributed by atoms with Gasteiger partial charge >= 0.3 is 0 Å². The van der Waals surface area contributed by atoms with E-state index in [0.717, 1.165) is 66.7 Å². The number of aromatic nitrogens is 3. The molecule has 0 aliphatic heterocycles. The molecule has 0 saturated heterocycles. The van der Waals surface area contributed by atoms with E-state index >= 15 is 0 Å². The van der Waals surface area contributed by atoms with Crippen LogP contribution in [0.2, 0.25) is 0 Å².